The van der Waals surface area contributed by atoms with Crippen LogP contribution in [0.4, 0.5) is 0 Å². The van der Waals surface area contributed by atoms with Gasteiger partial charge in [-0.3, -0.25) is 0 Å². The summed E-state index contributed by atoms with van der Waals surface area (Å²) in [7, 11) is 0. The van der Waals surface area contributed by atoms with Gasteiger partial charge in [0.1, 0.15) is 5.75 Å². The topological polar surface area (TPSA) is 30.5 Å². The van der Waals surface area contributed by atoms with E-state index >= 15 is 0 Å². The van der Waals surface area contributed by atoms with Crippen molar-refractivity contribution in [1.82, 2.24) is 5.32 Å². The van der Waals surface area contributed by atoms with Crippen molar-refractivity contribution in [3.8, 4) is 5.75 Å². The summed E-state index contributed by atoms with van der Waals surface area (Å²) in [5.41, 5.74) is 1.78. The zero-order valence-corrected chi connectivity index (χ0v) is 13.1. The molecule has 2 fully saturated rings. The summed E-state index contributed by atoms with van der Waals surface area (Å²) in [4.78, 5) is 0. The van der Waals surface area contributed by atoms with E-state index in [1.165, 1.54) is 31.2 Å². The van der Waals surface area contributed by atoms with Gasteiger partial charge in [-0.05, 0) is 49.9 Å². The highest BCUT2D eigenvalue weighted by atomic mass is 16.7. The summed E-state index contributed by atoms with van der Waals surface area (Å²) in [5, 5.41) is 3.53. The Morgan fingerprint density at radius 2 is 2.14 bits per heavy atom. The highest BCUT2D eigenvalue weighted by Crippen LogP contribution is 2.36. The van der Waals surface area contributed by atoms with Crippen LogP contribution in [0.1, 0.15) is 51.0 Å². The van der Waals surface area contributed by atoms with Crippen LogP contribution in [0.25, 0.3) is 0 Å². The van der Waals surface area contributed by atoms with Crippen LogP contribution in [0.2, 0.25) is 0 Å². The van der Waals surface area contributed by atoms with Crippen molar-refractivity contribution in [1.29, 1.82) is 0 Å². The van der Waals surface area contributed by atoms with Gasteiger partial charge in [-0.1, -0.05) is 25.5 Å². The molecular formula is C18H27NO2. The Morgan fingerprint density at radius 1 is 1.29 bits per heavy atom. The van der Waals surface area contributed by atoms with E-state index in [0.717, 1.165) is 38.3 Å². The molecule has 1 aromatic rings. The first kappa shape index (κ1) is 14.9. The number of ether oxygens (including phenoxy) is 2. The lowest BCUT2D eigenvalue weighted by Gasteiger charge is -2.29. The maximum atomic E-state index is 5.93. The monoisotopic (exact) mass is 289 g/mol. The molecule has 3 rings (SSSR count). The Hall–Kier alpha value is -1.06. The van der Waals surface area contributed by atoms with E-state index in [9.17, 15) is 0 Å². The van der Waals surface area contributed by atoms with Crippen LogP contribution in [-0.2, 0) is 10.2 Å². The fraction of sp³-hybridized carbons (Fsp3) is 0.667. The van der Waals surface area contributed by atoms with Gasteiger partial charge in [-0.2, -0.15) is 0 Å². The minimum atomic E-state index is -0.0534. The SMILES string of the molecule is CCC[C@]1(c2ccc(O[C@@H]3CCCCO3)cc2)CCNC1. The quantitative estimate of drug-likeness (QED) is 0.898. The molecular weight excluding hydrogens is 262 g/mol. The molecule has 1 N–H and O–H groups in total. The Kier molecular flexibility index (Phi) is 4.81. The van der Waals surface area contributed by atoms with Crippen LogP contribution in [-0.4, -0.2) is 26.0 Å². The molecule has 2 heterocycles. The van der Waals surface area contributed by atoms with Crippen LogP contribution >= 0.6 is 0 Å². The molecule has 0 radical (unpaired) electrons. The van der Waals surface area contributed by atoms with Gasteiger partial charge in [-0.25, -0.2) is 0 Å². The highest BCUT2D eigenvalue weighted by molar-refractivity contribution is 5.34. The van der Waals surface area contributed by atoms with E-state index < -0.39 is 0 Å². The van der Waals surface area contributed by atoms with Crippen molar-refractivity contribution in [2.45, 2.75) is 57.2 Å². The molecule has 0 saturated carbocycles. The molecule has 1 aromatic carbocycles. The minimum Gasteiger partial charge on any atom is -0.465 e. The van der Waals surface area contributed by atoms with E-state index in [1.807, 2.05) is 0 Å². The third kappa shape index (κ3) is 3.41. The van der Waals surface area contributed by atoms with Gasteiger partial charge in [0.15, 0.2) is 6.29 Å². The normalized spacial score (nSPS) is 29.5. The molecule has 2 atom stereocenters. The zero-order valence-electron chi connectivity index (χ0n) is 13.1. The predicted molar refractivity (Wildman–Crippen MR) is 84.7 cm³/mol. The molecule has 0 unspecified atom stereocenters. The highest BCUT2D eigenvalue weighted by Gasteiger charge is 2.34. The van der Waals surface area contributed by atoms with Crippen molar-refractivity contribution in [2.24, 2.45) is 0 Å². The molecule has 0 aromatic heterocycles. The first-order valence-corrected chi connectivity index (χ1v) is 8.42. The maximum Gasteiger partial charge on any atom is 0.199 e. The second-order valence-electron chi connectivity index (χ2n) is 6.40. The third-order valence-corrected chi connectivity index (χ3v) is 4.84. The maximum absolute atomic E-state index is 5.93. The molecule has 0 spiro atoms. The largest absolute Gasteiger partial charge is 0.465 e. The first-order chi connectivity index (χ1) is 10.3. The third-order valence-electron chi connectivity index (χ3n) is 4.84. The Labute approximate surface area is 128 Å². The van der Waals surface area contributed by atoms with Crippen LogP contribution < -0.4 is 10.1 Å². The number of benzene rings is 1. The molecule has 2 aliphatic rings. The van der Waals surface area contributed by atoms with Crippen molar-refractivity contribution in [2.75, 3.05) is 19.7 Å². The van der Waals surface area contributed by atoms with Gasteiger partial charge in [0, 0.05) is 18.4 Å². The average Bonchev–Trinajstić information content (AvgIpc) is 2.99. The molecule has 21 heavy (non-hydrogen) atoms. The number of hydrogen-bond donors (Lipinski definition) is 1. The number of hydrogen-bond acceptors (Lipinski definition) is 3. The average molecular weight is 289 g/mol. The number of rotatable bonds is 5. The fourth-order valence-electron chi connectivity index (χ4n) is 3.67. The Bertz CT molecular complexity index is 431. The van der Waals surface area contributed by atoms with Crippen molar-refractivity contribution in [3.05, 3.63) is 29.8 Å². The molecule has 0 amide bonds. The smallest absolute Gasteiger partial charge is 0.199 e. The van der Waals surface area contributed by atoms with Gasteiger partial charge in [0.05, 0.1) is 6.61 Å². The van der Waals surface area contributed by atoms with Gasteiger partial charge < -0.3 is 14.8 Å². The minimum absolute atomic E-state index is 0.0534. The lowest BCUT2D eigenvalue weighted by atomic mass is 9.76. The van der Waals surface area contributed by atoms with E-state index in [-0.39, 0.29) is 6.29 Å². The molecule has 116 valence electrons. The summed E-state index contributed by atoms with van der Waals surface area (Å²) < 4.78 is 11.6. The second kappa shape index (κ2) is 6.80. The van der Waals surface area contributed by atoms with Gasteiger partial charge in [0.25, 0.3) is 0 Å². The van der Waals surface area contributed by atoms with E-state index in [2.05, 4.69) is 36.5 Å². The zero-order chi connectivity index (χ0) is 14.5. The van der Waals surface area contributed by atoms with Gasteiger partial charge in [-0.15, -0.1) is 0 Å². The Balaban J connectivity index is 1.67. The van der Waals surface area contributed by atoms with Gasteiger partial charge >= 0.3 is 0 Å². The van der Waals surface area contributed by atoms with Crippen molar-refractivity contribution in [3.63, 3.8) is 0 Å². The molecule has 2 saturated heterocycles. The lowest BCUT2D eigenvalue weighted by Crippen LogP contribution is -2.29. The van der Waals surface area contributed by atoms with Crippen molar-refractivity contribution < 1.29 is 9.47 Å². The molecule has 0 bridgehead atoms. The van der Waals surface area contributed by atoms with Crippen LogP contribution in [0.15, 0.2) is 24.3 Å². The summed E-state index contributed by atoms with van der Waals surface area (Å²) in [6.07, 6.45) is 7.04. The summed E-state index contributed by atoms with van der Waals surface area (Å²) in [6, 6.07) is 8.73. The fourth-order valence-corrected chi connectivity index (χ4v) is 3.67. The van der Waals surface area contributed by atoms with Crippen LogP contribution in [0.3, 0.4) is 0 Å². The molecule has 2 aliphatic heterocycles. The lowest BCUT2D eigenvalue weighted by molar-refractivity contribution is -0.105. The molecule has 3 nitrogen and oxygen atoms in total. The molecule has 3 heteroatoms. The van der Waals surface area contributed by atoms with Gasteiger partial charge in [0.2, 0.25) is 0 Å². The summed E-state index contributed by atoms with van der Waals surface area (Å²) in [5.74, 6) is 0.934. The second-order valence-corrected chi connectivity index (χ2v) is 6.40. The summed E-state index contributed by atoms with van der Waals surface area (Å²) in [6.45, 7) is 5.34. The number of nitrogens with one attached hydrogen (secondary N) is 1. The van der Waals surface area contributed by atoms with Crippen LogP contribution in [0, 0.1) is 0 Å². The predicted octanol–water partition coefficient (Wildman–Crippen LogP) is 3.62. The Morgan fingerprint density at radius 3 is 2.76 bits per heavy atom. The standard InChI is InChI=1S/C18H27NO2/c1-2-10-18(11-12-19-14-18)15-6-8-16(9-7-15)21-17-5-3-4-13-20-17/h6-9,17,19H,2-5,10-14H2,1H3/t17-,18+/m1/s1. The van der Waals surface area contributed by atoms with Crippen molar-refractivity contribution >= 4 is 0 Å². The van der Waals surface area contributed by atoms with E-state index in [4.69, 9.17) is 9.47 Å². The van der Waals surface area contributed by atoms with Crippen LogP contribution in [0.5, 0.6) is 5.75 Å². The molecule has 0 aliphatic carbocycles. The summed E-state index contributed by atoms with van der Waals surface area (Å²) >= 11 is 0. The first-order valence-electron chi connectivity index (χ1n) is 8.42. The van der Waals surface area contributed by atoms with E-state index in [0.29, 0.717) is 5.41 Å². The van der Waals surface area contributed by atoms with E-state index in [1.54, 1.807) is 0 Å².